The molecule has 0 saturated carbocycles. The van der Waals surface area contributed by atoms with Crippen LogP contribution in [0, 0.1) is 10.1 Å². The minimum absolute atomic E-state index is 0.172. The summed E-state index contributed by atoms with van der Waals surface area (Å²) in [5.41, 5.74) is 6.19. The summed E-state index contributed by atoms with van der Waals surface area (Å²) in [6, 6.07) is 9.85. The minimum Gasteiger partial charge on any atom is -0.439 e. The van der Waals surface area contributed by atoms with E-state index in [1.807, 2.05) is 19.2 Å². The highest BCUT2D eigenvalue weighted by Gasteiger charge is 2.13. The van der Waals surface area contributed by atoms with Crippen LogP contribution in [0.15, 0.2) is 36.4 Å². The van der Waals surface area contributed by atoms with Crippen LogP contribution in [0.2, 0.25) is 0 Å². The summed E-state index contributed by atoms with van der Waals surface area (Å²) in [6.45, 7) is 0. The second kappa shape index (κ2) is 5.21. The van der Waals surface area contributed by atoms with E-state index in [-0.39, 0.29) is 17.4 Å². The Morgan fingerprint density at radius 3 is 2.47 bits per heavy atom. The molecule has 2 aromatic rings. The van der Waals surface area contributed by atoms with Gasteiger partial charge in [0.05, 0.1) is 4.92 Å². The van der Waals surface area contributed by atoms with Crippen molar-refractivity contribution in [1.82, 2.24) is 4.98 Å². The molecule has 0 unspecified atom stereocenters. The van der Waals surface area contributed by atoms with E-state index >= 15 is 0 Å². The van der Waals surface area contributed by atoms with Gasteiger partial charge in [0.25, 0.3) is 0 Å². The van der Waals surface area contributed by atoms with Crippen molar-refractivity contribution in [3.05, 3.63) is 46.5 Å². The van der Waals surface area contributed by atoms with Crippen molar-refractivity contribution in [2.45, 2.75) is 0 Å². The van der Waals surface area contributed by atoms with Crippen molar-refractivity contribution in [1.29, 1.82) is 0 Å². The first-order chi connectivity index (χ1) is 9.10. The maximum Gasteiger partial charge on any atom is 0.311 e. The molecule has 0 aliphatic heterocycles. The van der Waals surface area contributed by atoms with Crippen LogP contribution in [-0.4, -0.2) is 17.0 Å². The molecule has 0 bridgehead atoms. The monoisotopic (exact) mass is 260 g/mol. The number of nitrogen functional groups attached to an aromatic ring is 1. The molecular weight excluding hydrogens is 248 g/mol. The fourth-order valence-electron chi connectivity index (χ4n) is 1.47. The molecule has 0 fully saturated rings. The predicted octanol–water partition coefficient (Wildman–Crippen LogP) is 2.41. The van der Waals surface area contributed by atoms with Gasteiger partial charge in [-0.2, -0.15) is 4.98 Å². The largest absolute Gasteiger partial charge is 0.439 e. The van der Waals surface area contributed by atoms with Gasteiger partial charge in [0.15, 0.2) is 0 Å². The van der Waals surface area contributed by atoms with E-state index < -0.39 is 4.92 Å². The van der Waals surface area contributed by atoms with Gasteiger partial charge in [-0.15, -0.1) is 0 Å². The fraction of sp³-hybridized carbons (Fsp3) is 0.0833. The van der Waals surface area contributed by atoms with Crippen LogP contribution in [-0.2, 0) is 0 Å². The normalized spacial score (nSPS) is 9.95. The van der Waals surface area contributed by atoms with E-state index in [0.29, 0.717) is 5.75 Å². The molecule has 98 valence electrons. The number of aromatic nitrogens is 1. The lowest BCUT2D eigenvalue weighted by molar-refractivity contribution is -0.384. The summed E-state index contributed by atoms with van der Waals surface area (Å²) in [6.07, 6.45) is 0. The summed E-state index contributed by atoms with van der Waals surface area (Å²) in [7, 11) is 1.81. The maximum absolute atomic E-state index is 10.6. The standard InChI is InChI=1S/C12H12N4O3/c1-14-8-2-4-9(5-3-8)19-11-7-6-10(16(17)18)12(13)15-11/h2-7,14H,1H3,(H2,13,15). The molecule has 0 spiro atoms. The van der Waals surface area contributed by atoms with Crippen LogP contribution in [0.4, 0.5) is 17.2 Å². The fourth-order valence-corrected chi connectivity index (χ4v) is 1.47. The van der Waals surface area contributed by atoms with Crippen molar-refractivity contribution in [2.24, 2.45) is 0 Å². The van der Waals surface area contributed by atoms with Crippen LogP contribution in [0.5, 0.6) is 11.6 Å². The van der Waals surface area contributed by atoms with Crippen LogP contribution in [0.25, 0.3) is 0 Å². The van der Waals surface area contributed by atoms with E-state index in [0.717, 1.165) is 5.69 Å². The molecule has 0 aliphatic rings. The Balaban J connectivity index is 2.18. The first kappa shape index (κ1) is 12.6. The van der Waals surface area contributed by atoms with Crippen molar-refractivity contribution in [3.8, 4) is 11.6 Å². The maximum atomic E-state index is 10.6. The van der Waals surface area contributed by atoms with Crippen molar-refractivity contribution in [3.63, 3.8) is 0 Å². The zero-order chi connectivity index (χ0) is 13.8. The van der Waals surface area contributed by atoms with Crippen LogP contribution >= 0.6 is 0 Å². The molecule has 0 saturated heterocycles. The Kier molecular flexibility index (Phi) is 3.46. The van der Waals surface area contributed by atoms with Crippen molar-refractivity contribution in [2.75, 3.05) is 18.1 Å². The zero-order valence-electron chi connectivity index (χ0n) is 10.2. The SMILES string of the molecule is CNc1ccc(Oc2ccc([N+](=O)[O-])c(N)n2)cc1. The number of nitrogens with zero attached hydrogens (tertiary/aromatic N) is 2. The quantitative estimate of drug-likeness (QED) is 0.646. The molecular formula is C12H12N4O3. The molecule has 7 heteroatoms. The first-order valence-corrected chi connectivity index (χ1v) is 5.46. The highest BCUT2D eigenvalue weighted by molar-refractivity contribution is 5.54. The molecule has 0 radical (unpaired) electrons. The third-order valence-electron chi connectivity index (χ3n) is 2.44. The number of hydrogen-bond acceptors (Lipinski definition) is 6. The molecule has 1 aromatic heterocycles. The number of hydrogen-bond donors (Lipinski definition) is 2. The summed E-state index contributed by atoms with van der Waals surface area (Å²) >= 11 is 0. The van der Waals surface area contributed by atoms with Gasteiger partial charge in [-0.25, -0.2) is 0 Å². The Hall–Kier alpha value is -2.83. The van der Waals surface area contributed by atoms with Crippen molar-refractivity contribution < 1.29 is 9.66 Å². The average molecular weight is 260 g/mol. The highest BCUT2D eigenvalue weighted by Crippen LogP contribution is 2.26. The van der Waals surface area contributed by atoms with Gasteiger partial charge in [-0.3, -0.25) is 10.1 Å². The lowest BCUT2D eigenvalue weighted by Crippen LogP contribution is -1.99. The van der Waals surface area contributed by atoms with E-state index in [1.165, 1.54) is 12.1 Å². The smallest absolute Gasteiger partial charge is 0.311 e. The number of pyridine rings is 1. The molecule has 0 aliphatic carbocycles. The molecule has 2 rings (SSSR count). The number of nitrogens with one attached hydrogen (secondary N) is 1. The number of anilines is 2. The summed E-state index contributed by atoms with van der Waals surface area (Å²) in [5, 5.41) is 13.6. The predicted molar refractivity (Wildman–Crippen MR) is 71.4 cm³/mol. The third kappa shape index (κ3) is 2.89. The molecule has 3 N–H and O–H groups in total. The summed E-state index contributed by atoms with van der Waals surface area (Å²) < 4.78 is 5.45. The van der Waals surface area contributed by atoms with Crippen LogP contribution < -0.4 is 15.8 Å². The number of nitrogens with two attached hydrogens (primary N) is 1. The van der Waals surface area contributed by atoms with E-state index in [2.05, 4.69) is 10.3 Å². The lowest BCUT2D eigenvalue weighted by atomic mass is 10.3. The van der Waals surface area contributed by atoms with Gasteiger partial charge in [-0.05, 0) is 24.3 Å². The van der Waals surface area contributed by atoms with Gasteiger partial charge in [0.1, 0.15) is 5.75 Å². The average Bonchev–Trinajstić information content (AvgIpc) is 2.39. The zero-order valence-corrected chi connectivity index (χ0v) is 10.2. The molecule has 19 heavy (non-hydrogen) atoms. The molecule has 0 amide bonds. The topological polar surface area (TPSA) is 103 Å². The van der Waals surface area contributed by atoms with Gasteiger partial charge in [-0.1, -0.05) is 0 Å². The van der Waals surface area contributed by atoms with E-state index in [9.17, 15) is 10.1 Å². The highest BCUT2D eigenvalue weighted by atomic mass is 16.6. The van der Waals surface area contributed by atoms with Gasteiger partial charge in [0.2, 0.25) is 11.7 Å². The van der Waals surface area contributed by atoms with E-state index in [4.69, 9.17) is 10.5 Å². The molecule has 1 heterocycles. The van der Waals surface area contributed by atoms with Gasteiger partial charge >= 0.3 is 5.69 Å². The Bertz CT molecular complexity index is 598. The number of nitro groups is 1. The lowest BCUT2D eigenvalue weighted by Gasteiger charge is -2.06. The number of ether oxygens (including phenoxy) is 1. The molecule has 1 aromatic carbocycles. The number of rotatable bonds is 4. The van der Waals surface area contributed by atoms with E-state index in [1.54, 1.807) is 12.1 Å². The molecule has 7 nitrogen and oxygen atoms in total. The first-order valence-electron chi connectivity index (χ1n) is 5.46. The van der Waals surface area contributed by atoms with Crippen LogP contribution in [0.1, 0.15) is 0 Å². The Labute approximate surface area is 109 Å². The minimum atomic E-state index is -0.589. The van der Waals surface area contributed by atoms with Crippen LogP contribution in [0.3, 0.4) is 0 Å². The second-order valence-corrected chi connectivity index (χ2v) is 3.69. The van der Waals surface area contributed by atoms with Gasteiger partial charge in [0, 0.05) is 24.9 Å². The number of benzene rings is 1. The van der Waals surface area contributed by atoms with Crippen molar-refractivity contribution >= 4 is 17.2 Å². The third-order valence-corrected chi connectivity index (χ3v) is 2.44. The van der Waals surface area contributed by atoms with Gasteiger partial charge < -0.3 is 15.8 Å². The summed E-state index contributed by atoms with van der Waals surface area (Å²) in [5.74, 6) is 0.606. The summed E-state index contributed by atoms with van der Waals surface area (Å²) in [4.78, 5) is 13.8. The molecule has 0 atom stereocenters. The Morgan fingerprint density at radius 2 is 1.95 bits per heavy atom. The second-order valence-electron chi connectivity index (χ2n) is 3.69. The Morgan fingerprint density at radius 1 is 1.26 bits per heavy atom.